The molecule has 0 aromatic heterocycles. The maximum atomic E-state index is 12.7. The lowest BCUT2D eigenvalue weighted by Gasteiger charge is -2.36. The van der Waals surface area contributed by atoms with Gasteiger partial charge in [0.1, 0.15) is 0 Å². The van der Waals surface area contributed by atoms with Gasteiger partial charge in [-0.2, -0.15) is 0 Å². The van der Waals surface area contributed by atoms with E-state index in [0.29, 0.717) is 12.0 Å². The quantitative estimate of drug-likeness (QED) is 0.891. The van der Waals surface area contributed by atoms with Gasteiger partial charge in [-0.25, -0.2) is 0 Å². The van der Waals surface area contributed by atoms with Crippen molar-refractivity contribution in [1.82, 2.24) is 10.6 Å². The van der Waals surface area contributed by atoms with E-state index in [9.17, 15) is 4.79 Å². The molecule has 3 atom stereocenters. The largest absolute Gasteiger partial charge is 0.347 e. The van der Waals surface area contributed by atoms with Crippen molar-refractivity contribution in [3.8, 4) is 0 Å². The summed E-state index contributed by atoms with van der Waals surface area (Å²) in [6, 6.07) is 14.4. The number of fused-ring (bicyclic) bond motifs is 1. The van der Waals surface area contributed by atoms with Gasteiger partial charge in [-0.15, -0.1) is 12.4 Å². The van der Waals surface area contributed by atoms with E-state index in [1.165, 1.54) is 0 Å². The number of amides is 1. The van der Waals surface area contributed by atoms with E-state index in [4.69, 9.17) is 0 Å². The van der Waals surface area contributed by atoms with Crippen molar-refractivity contribution in [1.29, 1.82) is 0 Å². The fraction of sp³-hybridized carbons (Fsp3) is 0.389. The molecule has 2 aromatic carbocycles. The second-order valence-electron chi connectivity index (χ2n) is 6.03. The Kier molecular flexibility index (Phi) is 5.43. The molecular weight excluding hydrogens is 296 g/mol. The van der Waals surface area contributed by atoms with E-state index in [-0.39, 0.29) is 24.4 Å². The Morgan fingerprint density at radius 3 is 2.64 bits per heavy atom. The van der Waals surface area contributed by atoms with Crippen LogP contribution < -0.4 is 10.6 Å². The van der Waals surface area contributed by atoms with Gasteiger partial charge in [0.05, 0.1) is 0 Å². The first-order valence-corrected chi connectivity index (χ1v) is 7.69. The van der Waals surface area contributed by atoms with Crippen LogP contribution in [0.3, 0.4) is 0 Å². The maximum absolute atomic E-state index is 12.7. The lowest BCUT2D eigenvalue weighted by Crippen LogP contribution is -2.55. The van der Waals surface area contributed by atoms with E-state index < -0.39 is 0 Å². The molecule has 0 saturated carbocycles. The Balaban J connectivity index is 0.00000176. The molecule has 0 radical (unpaired) electrons. The highest BCUT2D eigenvalue weighted by Gasteiger charge is 2.29. The fourth-order valence-electron chi connectivity index (χ4n) is 3.26. The van der Waals surface area contributed by atoms with Gasteiger partial charge in [0.2, 0.25) is 0 Å². The van der Waals surface area contributed by atoms with Gasteiger partial charge in [-0.1, -0.05) is 43.3 Å². The average molecular weight is 319 g/mol. The maximum Gasteiger partial charge on any atom is 0.252 e. The second-order valence-corrected chi connectivity index (χ2v) is 6.03. The zero-order valence-corrected chi connectivity index (χ0v) is 13.8. The van der Waals surface area contributed by atoms with Crippen LogP contribution in [0.4, 0.5) is 0 Å². The molecule has 3 unspecified atom stereocenters. The normalized spacial score (nSPS) is 24.5. The third kappa shape index (κ3) is 3.26. The summed E-state index contributed by atoms with van der Waals surface area (Å²) in [6.45, 7) is 5.39. The summed E-state index contributed by atoms with van der Waals surface area (Å²) in [6.07, 6.45) is 1.10. The summed E-state index contributed by atoms with van der Waals surface area (Å²) < 4.78 is 0. The van der Waals surface area contributed by atoms with Crippen LogP contribution in [0, 0.1) is 5.92 Å². The Labute approximate surface area is 137 Å². The molecule has 0 spiro atoms. The number of nitrogens with one attached hydrogen (secondary N) is 2. The van der Waals surface area contributed by atoms with Crippen LogP contribution in [0.15, 0.2) is 42.5 Å². The first kappa shape index (κ1) is 16.8. The summed E-state index contributed by atoms with van der Waals surface area (Å²) in [5, 5.41) is 8.79. The Morgan fingerprint density at radius 2 is 1.86 bits per heavy atom. The van der Waals surface area contributed by atoms with E-state index >= 15 is 0 Å². The van der Waals surface area contributed by atoms with Crippen molar-refractivity contribution < 1.29 is 4.79 Å². The standard InChI is InChI=1S/C18H22N2O.ClH/c1-12-10-11-19-13(2)17(12)20-18(21)16-9-5-7-14-6-3-4-8-15(14)16;/h3-9,12-13,17,19H,10-11H2,1-2H3,(H,20,21);1H. The third-order valence-corrected chi connectivity index (χ3v) is 4.55. The molecule has 1 saturated heterocycles. The second kappa shape index (κ2) is 7.12. The first-order valence-electron chi connectivity index (χ1n) is 7.69. The van der Waals surface area contributed by atoms with Crippen molar-refractivity contribution in [2.75, 3.05) is 6.54 Å². The molecule has 1 aliphatic heterocycles. The lowest BCUT2D eigenvalue weighted by atomic mass is 9.89. The first-order chi connectivity index (χ1) is 10.2. The van der Waals surface area contributed by atoms with Gasteiger partial charge in [0.15, 0.2) is 0 Å². The minimum atomic E-state index is 0. The molecule has 22 heavy (non-hydrogen) atoms. The fourth-order valence-corrected chi connectivity index (χ4v) is 3.26. The summed E-state index contributed by atoms with van der Waals surface area (Å²) >= 11 is 0. The Bertz CT molecular complexity index is 643. The van der Waals surface area contributed by atoms with Crippen molar-refractivity contribution in [3.05, 3.63) is 48.0 Å². The molecule has 4 heteroatoms. The summed E-state index contributed by atoms with van der Waals surface area (Å²) in [5.74, 6) is 0.527. The van der Waals surface area contributed by atoms with Crippen molar-refractivity contribution in [3.63, 3.8) is 0 Å². The molecule has 1 heterocycles. The van der Waals surface area contributed by atoms with Crippen molar-refractivity contribution in [2.45, 2.75) is 32.4 Å². The summed E-state index contributed by atoms with van der Waals surface area (Å²) in [7, 11) is 0. The topological polar surface area (TPSA) is 41.1 Å². The highest BCUT2D eigenvalue weighted by Crippen LogP contribution is 2.21. The van der Waals surface area contributed by atoms with Crippen LogP contribution in [-0.2, 0) is 0 Å². The highest BCUT2D eigenvalue weighted by molar-refractivity contribution is 6.07. The van der Waals surface area contributed by atoms with Gasteiger partial charge in [0, 0.05) is 17.6 Å². The van der Waals surface area contributed by atoms with Gasteiger partial charge < -0.3 is 10.6 Å². The van der Waals surface area contributed by atoms with E-state index in [0.717, 1.165) is 29.3 Å². The zero-order valence-electron chi connectivity index (χ0n) is 13.0. The van der Waals surface area contributed by atoms with Crippen LogP contribution in [-0.4, -0.2) is 24.5 Å². The molecule has 2 N–H and O–H groups in total. The molecule has 1 amide bonds. The molecule has 3 nitrogen and oxygen atoms in total. The van der Waals surface area contributed by atoms with Crippen LogP contribution in [0.5, 0.6) is 0 Å². The number of piperidine rings is 1. The number of rotatable bonds is 2. The Hall–Kier alpha value is -1.58. The zero-order chi connectivity index (χ0) is 14.8. The predicted octanol–water partition coefficient (Wildman–Crippen LogP) is 3.38. The number of halogens is 1. The average Bonchev–Trinajstić information content (AvgIpc) is 2.50. The number of benzene rings is 2. The van der Waals surface area contributed by atoms with E-state index in [2.05, 4.69) is 24.5 Å². The number of hydrogen-bond acceptors (Lipinski definition) is 2. The number of carbonyl (C=O) groups excluding carboxylic acids is 1. The van der Waals surface area contributed by atoms with E-state index in [1.54, 1.807) is 0 Å². The van der Waals surface area contributed by atoms with Crippen LogP contribution in [0.25, 0.3) is 10.8 Å². The van der Waals surface area contributed by atoms with Gasteiger partial charge >= 0.3 is 0 Å². The van der Waals surface area contributed by atoms with Gasteiger partial charge in [-0.05, 0) is 42.6 Å². The predicted molar refractivity (Wildman–Crippen MR) is 93.7 cm³/mol. The number of carbonyl (C=O) groups is 1. The van der Waals surface area contributed by atoms with Crippen molar-refractivity contribution >= 4 is 29.1 Å². The smallest absolute Gasteiger partial charge is 0.252 e. The van der Waals surface area contributed by atoms with Gasteiger partial charge in [0.25, 0.3) is 5.91 Å². The minimum Gasteiger partial charge on any atom is -0.347 e. The monoisotopic (exact) mass is 318 g/mol. The Morgan fingerprint density at radius 1 is 1.14 bits per heavy atom. The molecule has 118 valence electrons. The molecule has 0 aliphatic carbocycles. The molecule has 2 aromatic rings. The van der Waals surface area contributed by atoms with Crippen LogP contribution in [0.2, 0.25) is 0 Å². The lowest BCUT2D eigenvalue weighted by molar-refractivity contribution is 0.0899. The van der Waals surface area contributed by atoms with Gasteiger partial charge in [-0.3, -0.25) is 4.79 Å². The van der Waals surface area contributed by atoms with E-state index in [1.807, 2.05) is 42.5 Å². The summed E-state index contributed by atoms with van der Waals surface area (Å²) in [5.41, 5.74) is 0.762. The molecule has 3 rings (SSSR count). The number of hydrogen-bond donors (Lipinski definition) is 2. The highest BCUT2D eigenvalue weighted by atomic mass is 35.5. The van der Waals surface area contributed by atoms with Crippen molar-refractivity contribution in [2.24, 2.45) is 5.92 Å². The molecular formula is C18H23ClN2O. The summed E-state index contributed by atoms with van der Waals surface area (Å²) in [4.78, 5) is 12.7. The van der Waals surface area contributed by atoms with Crippen LogP contribution in [0.1, 0.15) is 30.6 Å². The van der Waals surface area contributed by atoms with Crippen LogP contribution >= 0.6 is 12.4 Å². The molecule has 1 fully saturated rings. The molecule has 0 bridgehead atoms. The minimum absolute atomic E-state index is 0. The molecule has 1 aliphatic rings. The third-order valence-electron chi connectivity index (χ3n) is 4.55. The SMILES string of the molecule is CC1CCNC(C)C1NC(=O)c1cccc2ccccc12.Cl.